The maximum absolute atomic E-state index is 14.2. The minimum Gasteiger partial charge on any atom is -0.457 e. The highest BCUT2D eigenvalue weighted by atomic mass is 32.2. The lowest BCUT2D eigenvalue weighted by molar-refractivity contribution is -0.139. The number of ether oxygens (including phenoxy) is 1. The van der Waals surface area contributed by atoms with Crippen LogP contribution in [0.15, 0.2) is 114 Å². The van der Waals surface area contributed by atoms with E-state index in [2.05, 4.69) is 5.32 Å². The van der Waals surface area contributed by atoms with Gasteiger partial charge in [0.15, 0.2) is 0 Å². The van der Waals surface area contributed by atoms with Crippen LogP contribution in [0.5, 0.6) is 11.5 Å². The fourth-order valence-electron chi connectivity index (χ4n) is 5.50. The Kier molecular flexibility index (Phi) is 10.2. The molecule has 0 aliphatic heterocycles. The lowest BCUT2D eigenvalue weighted by Gasteiger charge is -2.33. The summed E-state index contributed by atoms with van der Waals surface area (Å²) in [4.78, 5) is 29.2. The number of hydrogen-bond donors (Lipinski definition) is 1. The molecule has 4 aromatic rings. The molecule has 1 saturated carbocycles. The third-order valence-electron chi connectivity index (χ3n) is 8.18. The van der Waals surface area contributed by atoms with E-state index < -0.39 is 28.5 Å². The van der Waals surface area contributed by atoms with E-state index in [0.717, 1.165) is 41.1 Å². The number of nitrogens with zero attached hydrogens (tertiary/aromatic N) is 2. The Morgan fingerprint density at radius 1 is 0.822 bits per heavy atom. The minimum atomic E-state index is -4.16. The number of anilines is 1. The molecule has 45 heavy (non-hydrogen) atoms. The van der Waals surface area contributed by atoms with Gasteiger partial charge in [-0.2, -0.15) is 0 Å². The number of nitrogens with one attached hydrogen (secondary N) is 1. The summed E-state index contributed by atoms with van der Waals surface area (Å²) in [7, 11) is -4.16. The molecule has 1 atom stereocenters. The zero-order valence-corrected chi connectivity index (χ0v) is 26.5. The van der Waals surface area contributed by atoms with E-state index in [9.17, 15) is 18.0 Å². The van der Waals surface area contributed by atoms with E-state index in [4.69, 9.17) is 4.74 Å². The van der Waals surface area contributed by atoms with Crippen LogP contribution in [0.1, 0.15) is 43.7 Å². The summed E-state index contributed by atoms with van der Waals surface area (Å²) in [6.07, 6.45) is 3.95. The van der Waals surface area contributed by atoms with Gasteiger partial charge in [-0.3, -0.25) is 13.9 Å². The highest BCUT2D eigenvalue weighted by molar-refractivity contribution is 7.92. The molecule has 1 unspecified atom stereocenters. The molecule has 0 spiro atoms. The van der Waals surface area contributed by atoms with Crippen molar-refractivity contribution in [1.82, 2.24) is 10.2 Å². The van der Waals surface area contributed by atoms with Crippen molar-refractivity contribution in [2.75, 3.05) is 10.8 Å². The quantitative estimate of drug-likeness (QED) is 0.195. The maximum atomic E-state index is 14.2. The van der Waals surface area contributed by atoms with E-state index >= 15 is 0 Å². The maximum Gasteiger partial charge on any atom is 0.264 e. The molecule has 1 aliphatic rings. The Labute approximate surface area is 265 Å². The largest absolute Gasteiger partial charge is 0.457 e. The van der Waals surface area contributed by atoms with Crippen LogP contribution in [-0.2, 0) is 26.2 Å². The number of para-hydroxylation sites is 1. The second kappa shape index (κ2) is 14.4. The summed E-state index contributed by atoms with van der Waals surface area (Å²) < 4.78 is 35.1. The topological polar surface area (TPSA) is 96.0 Å². The number of carbonyl (C=O) groups excluding carboxylic acids is 2. The minimum absolute atomic E-state index is 0.0555. The van der Waals surface area contributed by atoms with Crippen molar-refractivity contribution >= 4 is 27.5 Å². The van der Waals surface area contributed by atoms with Gasteiger partial charge in [-0.05, 0) is 86.3 Å². The molecular weight excluding hydrogens is 586 g/mol. The summed E-state index contributed by atoms with van der Waals surface area (Å²) in [5.74, 6) is 0.429. The molecule has 0 aromatic heterocycles. The molecule has 0 radical (unpaired) electrons. The molecular formula is C36H39N3O5S. The van der Waals surface area contributed by atoms with Crippen molar-refractivity contribution in [2.45, 2.75) is 63.1 Å². The fraction of sp³-hybridized carbons (Fsp3) is 0.278. The van der Waals surface area contributed by atoms with Gasteiger partial charge in [0.25, 0.3) is 10.0 Å². The van der Waals surface area contributed by atoms with Gasteiger partial charge >= 0.3 is 0 Å². The lowest BCUT2D eigenvalue weighted by Crippen LogP contribution is -2.52. The first-order chi connectivity index (χ1) is 21.7. The summed E-state index contributed by atoms with van der Waals surface area (Å²) in [5.41, 5.74) is 2.15. The predicted molar refractivity (Wildman–Crippen MR) is 176 cm³/mol. The summed E-state index contributed by atoms with van der Waals surface area (Å²) in [6.45, 7) is 3.32. The van der Waals surface area contributed by atoms with Crippen LogP contribution < -0.4 is 14.4 Å². The lowest BCUT2D eigenvalue weighted by atomic mass is 10.1. The van der Waals surface area contributed by atoms with Crippen molar-refractivity contribution in [1.29, 1.82) is 0 Å². The van der Waals surface area contributed by atoms with Gasteiger partial charge in [-0.25, -0.2) is 8.42 Å². The zero-order valence-electron chi connectivity index (χ0n) is 25.6. The average molecular weight is 626 g/mol. The van der Waals surface area contributed by atoms with E-state index in [0.29, 0.717) is 17.2 Å². The van der Waals surface area contributed by atoms with Crippen LogP contribution in [0.4, 0.5) is 5.69 Å². The smallest absolute Gasteiger partial charge is 0.264 e. The number of carbonyl (C=O) groups is 2. The SMILES string of the molecule is Cc1ccccc1CN(C(=O)CN(c1ccc(Oc2ccccc2)cc1)S(=O)(=O)c1ccccc1)C(C)C(=O)NC1CCCC1. The molecule has 5 rings (SSSR count). The van der Waals surface area contributed by atoms with Gasteiger partial charge in [0.1, 0.15) is 24.1 Å². The van der Waals surface area contributed by atoms with Gasteiger partial charge in [-0.1, -0.05) is 73.5 Å². The van der Waals surface area contributed by atoms with E-state index in [-0.39, 0.29) is 23.4 Å². The number of rotatable bonds is 12. The van der Waals surface area contributed by atoms with Crippen LogP contribution in [0.25, 0.3) is 0 Å². The van der Waals surface area contributed by atoms with Crippen LogP contribution >= 0.6 is 0 Å². The van der Waals surface area contributed by atoms with Gasteiger partial charge in [0.2, 0.25) is 11.8 Å². The van der Waals surface area contributed by atoms with Gasteiger partial charge in [0.05, 0.1) is 10.6 Å². The molecule has 0 heterocycles. The molecule has 8 nitrogen and oxygen atoms in total. The van der Waals surface area contributed by atoms with Crippen LogP contribution in [0, 0.1) is 6.92 Å². The number of amides is 2. The van der Waals surface area contributed by atoms with Crippen molar-refractivity contribution in [3.63, 3.8) is 0 Å². The normalized spacial score (nSPS) is 14.0. The third-order valence-corrected chi connectivity index (χ3v) is 9.97. The fourth-order valence-corrected chi connectivity index (χ4v) is 6.93. The molecule has 1 fully saturated rings. The van der Waals surface area contributed by atoms with Crippen molar-refractivity contribution in [3.8, 4) is 11.5 Å². The van der Waals surface area contributed by atoms with Crippen LogP contribution in [0.3, 0.4) is 0 Å². The van der Waals surface area contributed by atoms with E-state index in [1.165, 1.54) is 17.0 Å². The summed E-state index contributed by atoms with van der Waals surface area (Å²) >= 11 is 0. The molecule has 4 aromatic carbocycles. The molecule has 1 N–H and O–H groups in total. The molecule has 1 aliphatic carbocycles. The Balaban J connectivity index is 1.46. The Morgan fingerprint density at radius 2 is 1.40 bits per heavy atom. The van der Waals surface area contributed by atoms with E-state index in [1.54, 1.807) is 49.4 Å². The van der Waals surface area contributed by atoms with Gasteiger partial charge < -0.3 is 15.0 Å². The Bertz CT molecular complexity index is 1690. The molecule has 2 amide bonds. The first-order valence-corrected chi connectivity index (χ1v) is 16.7. The highest BCUT2D eigenvalue weighted by Gasteiger charge is 2.33. The molecule has 0 saturated heterocycles. The first kappa shape index (κ1) is 31.8. The van der Waals surface area contributed by atoms with Crippen LogP contribution in [-0.4, -0.2) is 43.8 Å². The second-order valence-corrected chi connectivity index (χ2v) is 13.2. The Morgan fingerprint density at radius 3 is 2.04 bits per heavy atom. The van der Waals surface area contributed by atoms with Gasteiger partial charge in [-0.15, -0.1) is 0 Å². The predicted octanol–water partition coefficient (Wildman–Crippen LogP) is 6.46. The van der Waals surface area contributed by atoms with Crippen LogP contribution in [0.2, 0.25) is 0 Å². The summed E-state index contributed by atoms with van der Waals surface area (Å²) in [6, 6.07) is 30.8. The second-order valence-electron chi connectivity index (χ2n) is 11.3. The molecule has 234 valence electrons. The molecule has 0 bridgehead atoms. The van der Waals surface area contributed by atoms with Crippen molar-refractivity contribution < 1.29 is 22.7 Å². The number of sulfonamides is 1. The standard InChI is InChI=1S/C36H39N3O5S/c1-27-13-9-10-14-29(27)25-38(28(2)36(41)37-30-15-11-12-16-30)35(40)26-39(45(42,43)34-19-7-4-8-20-34)31-21-23-33(24-22-31)44-32-17-5-3-6-18-32/h3-10,13-14,17-24,28,30H,11-12,15-16,25-26H2,1-2H3,(H,37,41). The monoisotopic (exact) mass is 625 g/mol. The third kappa shape index (κ3) is 7.91. The number of benzene rings is 4. The zero-order chi connectivity index (χ0) is 31.8. The van der Waals surface area contributed by atoms with Gasteiger partial charge in [0, 0.05) is 12.6 Å². The van der Waals surface area contributed by atoms with E-state index in [1.807, 2.05) is 61.5 Å². The average Bonchev–Trinajstić information content (AvgIpc) is 3.57. The van der Waals surface area contributed by atoms with Crippen molar-refractivity contribution in [2.24, 2.45) is 0 Å². The number of aryl methyl sites for hydroxylation is 1. The number of hydrogen-bond acceptors (Lipinski definition) is 5. The Hall–Kier alpha value is -4.63. The van der Waals surface area contributed by atoms with Crippen molar-refractivity contribution in [3.05, 3.63) is 120 Å². The molecule has 9 heteroatoms. The highest BCUT2D eigenvalue weighted by Crippen LogP contribution is 2.29. The summed E-state index contributed by atoms with van der Waals surface area (Å²) in [5, 5.41) is 3.10. The first-order valence-electron chi connectivity index (χ1n) is 15.3.